The third-order valence-electron chi connectivity index (χ3n) is 2.83. The maximum atomic E-state index is 8.58. The van der Waals surface area contributed by atoms with E-state index in [0.717, 1.165) is 16.6 Å². The van der Waals surface area contributed by atoms with Crippen LogP contribution in [0.25, 0.3) is 0 Å². The lowest BCUT2D eigenvalue weighted by Crippen LogP contribution is -2.31. The number of hydrogen-bond donors (Lipinski definition) is 2. The van der Waals surface area contributed by atoms with Crippen LogP contribution < -0.4 is 5.73 Å². The fraction of sp³-hybridized carbons (Fsp3) is 0.462. The van der Waals surface area contributed by atoms with E-state index in [1.54, 1.807) is 7.11 Å². The van der Waals surface area contributed by atoms with Gasteiger partial charge in [-0.1, -0.05) is 38.8 Å². The highest BCUT2D eigenvalue weighted by Crippen LogP contribution is 2.22. The van der Waals surface area contributed by atoms with E-state index in [1.807, 2.05) is 18.2 Å². The van der Waals surface area contributed by atoms with Crippen LogP contribution in [0.1, 0.15) is 12.0 Å². The largest absolute Gasteiger partial charge is 0.409 e. The highest BCUT2D eigenvalue weighted by atomic mass is 79.9. The first-order valence-corrected chi connectivity index (χ1v) is 7.35. The van der Waals surface area contributed by atoms with E-state index in [9.17, 15) is 0 Å². The summed E-state index contributed by atoms with van der Waals surface area (Å²) >= 11 is 9.61. The van der Waals surface area contributed by atoms with Crippen LogP contribution in [0.2, 0.25) is 5.02 Å². The van der Waals surface area contributed by atoms with Crippen LogP contribution in [0.15, 0.2) is 27.8 Å². The molecule has 0 saturated carbocycles. The van der Waals surface area contributed by atoms with Crippen LogP contribution in [0.5, 0.6) is 0 Å². The van der Waals surface area contributed by atoms with Crippen LogP contribution in [0.3, 0.4) is 0 Å². The zero-order valence-electron chi connectivity index (χ0n) is 11.4. The summed E-state index contributed by atoms with van der Waals surface area (Å²) in [5, 5.41) is 12.3. The van der Waals surface area contributed by atoms with Gasteiger partial charge in [-0.3, -0.25) is 4.90 Å². The number of amidine groups is 1. The molecule has 0 aliphatic carbocycles. The molecule has 0 amide bonds. The number of methoxy groups -OCH3 is 1. The number of nitrogens with zero attached hydrogens (tertiary/aromatic N) is 2. The van der Waals surface area contributed by atoms with Crippen LogP contribution in [0, 0.1) is 0 Å². The second kappa shape index (κ2) is 9.18. The number of hydrogen-bond acceptors (Lipinski definition) is 4. The molecule has 1 aromatic rings. The minimum Gasteiger partial charge on any atom is -0.409 e. The molecule has 112 valence electrons. The van der Waals surface area contributed by atoms with Crippen LogP contribution in [0.4, 0.5) is 0 Å². The van der Waals surface area contributed by atoms with Crippen molar-refractivity contribution in [1.29, 1.82) is 0 Å². The maximum absolute atomic E-state index is 8.58. The standard InChI is InChI=1S/C13H19BrClN3O2/c1-20-7-6-18(5-4-13(16)17-19)9-10-2-3-11(14)8-12(10)15/h2-3,8,19H,4-7,9H2,1H3,(H2,16,17). The Morgan fingerprint density at radius 2 is 2.25 bits per heavy atom. The fourth-order valence-corrected chi connectivity index (χ4v) is 2.44. The molecule has 20 heavy (non-hydrogen) atoms. The molecule has 0 bridgehead atoms. The van der Waals surface area contributed by atoms with Gasteiger partial charge < -0.3 is 15.7 Å². The normalized spacial score (nSPS) is 12.1. The Labute approximate surface area is 132 Å². The average molecular weight is 365 g/mol. The second-order valence-corrected chi connectivity index (χ2v) is 5.67. The average Bonchev–Trinajstić information content (AvgIpc) is 2.43. The summed E-state index contributed by atoms with van der Waals surface area (Å²) in [6.45, 7) is 2.73. The highest BCUT2D eigenvalue weighted by Gasteiger charge is 2.10. The Kier molecular flexibility index (Phi) is 7.91. The van der Waals surface area contributed by atoms with Crippen LogP contribution in [-0.2, 0) is 11.3 Å². The van der Waals surface area contributed by atoms with Gasteiger partial charge in [0.25, 0.3) is 0 Å². The molecular weight excluding hydrogens is 346 g/mol. The van der Waals surface area contributed by atoms with Gasteiger partial charge in [0, 0.05) is 42.7 Å². The molecule has 5 nitrogen and oxygen atoms in total. The van der Waals surface area contributed by atoms with E-state index in [2.05, 4.69) is 26.0 Å². The molecule has 0 heterocycles. The zero-order valence-corrected chi connectivity index (χ0v) is 13.7. The van der Waals surface area contributed by atoms with Crippen molar-refractivity contribution >= 4 is 33.4 Å². The molecule has 1 aromatic carbocycles. The number of halogens is 2. The minimum absolute atomic E-state index is 0.217. The Morgan fingerprint density at radius 1 is 1.50 bits per heavy atom. The number of oxime groups is 1. The van der Waals surface area contributed by atoms with Gasteiger partial charge in [-0.2, -0.15) is 0 Å². The van der Waals surface area contributed by atoms with Gasteiger partial charge in [0.1, 0.15) is 5.84 Å². The lowest BCUT2D eigenvalue weighted by atomic mass is 10.2. The third-order valence-corrected chi connectivity index (χ3v) is 3.68. The van der Waals surface area contributed by atoms with Gasteiger partial charge in [-0.15, -0.1) is 0 Å². The quantitative estimate of drug-likeness (QED) is 0.322. The second-order valence-electron chi connectivity index (χ2n) is 4.35. The summed E-state index contributed by atoms with van der Waals surface area (Å²) in [6.07, 6.45) is 0.494. The summed E-state index contributed by atoms with van der Waals surface area (Å²) in [5.74, 6) is 0.217. The summed E-state index contributed by atoms with van der Waals surface area (Å²) in [5.41, 5.74) is 6.54. The predicted molar refractivity (Wildman–Crippen MR) is 84.3 cm³/mol. The molecule has 0 fully saturated rings. The lowest BCUT2D eigenvalue weighted by Gasteiger charge is -2.22. The van der Waals surface area contributed by atoms with E-state index in [0.29, 0.717) is 31.1 Å². The van der Waals surface area contributed by atoms with E-state index < -0.39 is 0 Å². The first-order chi connectivity index (χ1) is 9.56. The summed E-state index contributed by atoms with van der Waals surface area (Å²) in [7, 11) is 1.66. The number of benzene rings is 1. The highest BCUT2D eigenvalue weighted by molar-refractivity contribution is 9.10. The van der Waals surface area contributed by atoms with Gasteiger partial charge in [-0.25, -0.2) is 0 Å². The van der Waals surface area contributed by atoms with Crippen molar-refractivity contribution in [3.05, 3.63) is 33.3 Å². The van der Waals surface area contributed by atoms with Crippen molar-refractivity contribution in [3.63, 3.8) is 0 Å². The zero-order chi connectivity index (χ0) is 15.0. The Bertz CT molecular complexity index is 457. The van der Waals surface area contributed by atoms with Crippen LogP contribution in [-0.4, -0.2) is 42.7 Å². The molecule has 0 atom stereocenters. The fourth-order valence-electron chi connectivity index (χ4n) is 1.70. The van der Waals surface area contributed by atoms with Gasteiger partial charge in [0.2, 0.25) is 0 Å². The van der Waals surface area contributed by atoms with Gasteiger partial charge >= 0.3 is 0 Å². The first kappa shape index (κ1) is 17.2. The molecule has 0 spiro atoms. The van der Waals surface area contributed by atoms with Crippen molar-refractivity contribution in [3.8, 4) is 0 Å². The summed E-state index contributed by atoms with van der Waals surface area (Å²) in [6, 6.07) is 5.81. The molecule has 7 heteroatoms. The predicted octanol–water partition coefficient (Wildman–Crippen LogP) is 2.69. The summed E-state index contributed by atoms with van der Waals surface area (Å²) < 4.78 is 6.05. The maximum Gasteiger partial charge on any atom is 0.140 e. The van der Waals surface area contributed by atoms with Gasteiger partial charge in [0.15, 0.2) is 0 Å². The monoisotopic (exact) mass is 363 g/mol. The Hall–Kier alpha value is -0.820. The van der Waals surface area contributed by atoms with E-state index in [4.69, 9.17) is 27.3 Å². The van der Waals surface area contributed by atoms with Crippen molar-refractivity contribution in [2.75, 3.05) is 26.8 Å². The van der Waals surface area contributed by atoms with Crippen molar-refractivity contribution in [2.24, 2.45) is 10.9 Å². The third kappa shape index (κ3) is 6.09. The smallest absolute Gasteiger partial charge is 0.140 e. The molecule has 0 saturated heterocycles. The minimum atomic E-state index is 0.217. The Morgan fingerprint density at radius 3 is 2.85 bits per heavy atom. The molecule has 0 aliphatic rings. The Balaban J connectivity index is 2.67. The summed E-state index contributed by atoms with van der Waals surface area (Å²) in [4.78, 5) is 2.15. The van der Waals surface area contributed by atoms with Crippen molar-refractivity contribution in [2.45, 2.75) is 13.0 Å². The number of nitrogens with two attached hydrogens (primary N) is 1. The number of rotatable bonds is 8. The molecule has 1 rings (SSSR count). The van der Waals surface area contributed by atoms with Crippen LogP contribution >= 0.6 is 27.5 Å². The topological polar surface area (TPSA) is 71.1 Å². The van der Waals surface area contributed by atoms with E-state index in [1.165, 1.54) is 0 Å². The molecule has 0 radical (unpaired) electrons. The lowest BCUT2D eigenvalue weighted by molar-refractivity contribution is 0.145. The van der Waals surface area contributed by atoms with Crippen molar-refractivity contribution < 1.29 is 9.94 Å². The van der Waals surface area contributed by atoms with E-state index >= 15 is 0 Å². The molecule has 3 N–H and O–H groups in total. The molecular formula is C13H19BrClN3O2. The molecule has 0 unspecified atom stereocenters. The number of ether oxygens (including phenoxy) is 1. The first-order valence-electron chi connectivity index (χ1n) is 6.18. The SMILES string of the molecule is COCCN(CC/C(N)=N/O)Cc1ccc(Br)cc1Cl. The van der Waals surface area contributed by atoms with Gasteiger partial charge in [-0.05, 0) is 17.7 Å². The van der Waals surface area contributed by atoms with Gasteiger partial charge in [0.05, 0.1) is 6.61 Å². The molecule has 0 aliphatic heterocycles. The van der Waals surface area contributed by atoms with E-state index in [-0.39, 0.29) is 5.84 Å². The van der Waals surface area contributed by atoms with Crippen molar-refractivity contribution in [1.82, 2.24) is 4.90 Å². The molecule has 0 aromatic heterocycles.